The van der Waals surface area contributed by atoms with Crippen molar-refractivity contribution < 1.29 is 4.74 Å². The van der Waals surface area contributed by atoms with E-state index in [9.17, 15) is 0 Å². The van der Waals surface area contributed by atoms with Gasteiger partial charge >= 0.3 is 0 Å². The average Bonchev–Trinajstić information content (AvgIpc) is 2.99. The smallest absolute Gasteiger partial charge is 0.122 e. The monoisotopic (exact) mass is 243 g/mol. The molecular weight excluding hydrogens is 226 g/mol. The predicted octanol–water partition coefficient (Wildman–Crippen LogP) is 1.56. The highest BCUT2D eigenvalue weighted by Crippen LogP contribution is 2.34. The average molecular weight is 243 g/mol. The number of fused-ring (bicyclic) bond motifs is 1. The minimum atomic E-state index is 0.418. The number of rotatable bonds is 4. The van der Waals surface area contributed by atoms with E-state index in [-0.39, 0.29) is 0 Å². The van der Waals surface area contributed by atoms with Gasteiger partial charge in [0.25, 0.3) is 0 Å². The van der Waals surface area contributed by atoms with Crippen molar-refractivity contribution in [3.8, 4) is 5.75 Å². The van der Waals surface area contributed by atoms with Crippen molar-refractivity contribution in [2.45, 2.75) is 18.9 Å². The molecule has 0 saturated carbocycles. The summed E-state index contributed by atoms with van der Waals surface area (Å²) < 4.78 is 7.81. The lowest BCUT2D eigenvalue weighted by atomic mass is 10.0. The maximum absolute atomic E-state index is 5.68. The number of hydrogen-bond donors (Lipinski definition) is 1. The molecule has 1 aliphatic heterocycles. The molecule has 2 aromatic rings. The molecular formula is C14H17N3O. The molecule has 4 heteroatoms. The predicted molar refractivity (Wildman–Crippen MR) is 69.7 cm³/mol. The van der Waals surface area contributed by atoms with Crippen LogP contribution in [-0.2, 0) is 13.0 Å². The second-order valence-corrected chi connectivity index (χ2v) is 4.65. The van der Waals surface area contributed by atoms with Crippen LogP contribution in [0.3, 0.4) is 0 Å². The lowest BCUT2D eigenvalue weighted by Crippen LogP contribution is -2.09. The van der Waals surface area contributed by atoms with Crippen LogP contribution in [0.1, 0.15) is 17.2 Å². The summed E-state index contributed by atoms with van der Waals surface area (Å²) in [5.41, 5.74) is 7.89. The Morgan fingerprint density at radius 3 is 3.17 bits per heavy atom. The highest BCUT2D eigenvalue weighted by atomic mass is 16.5. The van der Waals surface area contributed by atoms with Crippen molar-refractivity contribution >= 4 is 0 Å². The number of ether oxygens (including phenoxy) is 1. The Balaban J connectivity index is 1.73. The summed E-state index contributed by atoms with van der Waals surface area (Å²) in [6.45, 7) is 2.31. The fourth-order valence-electron chi connectivity index (χ4n) is 2.42. The van der Waals surface area contributed by atoms with Crippen molar-refractivity contribution in [2.75, 3.05) is 13.2 Å². The normalized spacial score (nSPS) is 17.5. The summed E-state index contributed by atoms with van der Waals surface area (Å²) in [7, 11) is 0. The van der Waals surface area contributed by atoms with Gasteiger partial charge in [-0.2, -0.15) is 0 Å². The van der Waals surface area contributed by atoms with E-state index >= 15 is 0 Å². The second-order valence-electron chi connectivity index (χ2n) is 4.65. The number of benzene rings is 1. The Bertz CT molecular complexity index is 535. The zero-order chi connectivity index (χ0) is 12.4. The summed E-state index contributed by atoms with van der Waals surface area (Å²) in [6.07, 6.45) is 4.80. The van der Waals surface area contributed by atoms with E-state index in [2.05, 4.69) is 27.9 Å². The first-order valence-electron chi connectivity index (χ1n) is 6.29. The van der Waals surface area contributed by atoms with Gasteiger partial charge in [0.2, 0.25) is 0 Å². The summed E-state index contributed by atoms with van der Waals surface area (Å²) in [5, 5.41) is 0. The summed E-state index contributed by atoms with van der Waals surface area (Å²) in [4.78, 5) is 4.35. The molecule has 2 heterocycles. The van der Waals surface area contributed by atoms with Crippen LogP contribution in [0.4, 0.5) is 0 Å². The van der Waals surface area contributed by atoms with Gasteiger partial charge < -0.3 is 15.0 Å². The van der Waals surface area contributed by atoms with Crippen molar-refractivity contribution in [1.82, 2.24) is 9.55 Å². The molecule has 1 atom stereocenters. The first kappa shape index (κ1) is 11.3. The Kier molecular flexibility index (Phi) is 3.02. The highest BCUT2D eigenvalue weighted by molar-refractivity contribution is 5.39. The van der Waals surface area contributed by atoms with Crippen LogP contribution < -0.4 is 10.5 Å². The number of para-hydroxylation sites is 1. The number of nitrogens with zero attached hydrogens (tertiary/aromatic N) is 2. The molecule has 0 amide bonds. The Morgan fingerprint density at radius 2 is 2.28 bits per heavy atom. The molecule has 0 aliphatic carbocycles. The van der Waals surface area contributed by atoms with Crippen LogP contribution in [0.2, 0.25) is 0 Å². The van der Waals surface area contributed by atoms with Crippen LogP contribution in [-0.4, -0.2) is 22.7 Å². The minimum absolute atomic E-state index is 0.418. The van der Waals surface area contributed by atoms with Crippen LogP contribution in [0, 0.1) is 0 Å². The molecule has 1 aromatic heterocycles. The lowest BCUT2D eigenvalue weighted by Gasteiger charge is -2.09. The number of imidazole rings is 1. The topological polar surface area (TPSA) is 53.1 Å². The van der Waals surface area contributed by atoms with Gasteiger partial charge in [0.15, 0.2) is 0 Å². The zero-order valence-electron chi connectivity index (χ0n) is 10.2. The Morgan fingerprint density at radius 1 is 1.39 bits per heavy atom. The van der Waals surface area contributed by atoms with E-state index < -0.39 is 0 Å². The van der Waals surface area contributed by atoms with Gasteiger partial charge in [-0.3, -0.25) is 0 Å². The lowest BCUT2D eigenvalue weighted by molar-refractivity contribution is 0.319. The van der Waals surface area contributed by atoms with Gasteiger partial charge in [-0.1, -0.05) is 18.2 Å². The standard InChI is InChI=1S/C14H17N3O/c15-6-5-12-8-17(10-16-12)7-11-9-18-14-4-2-1-3-13(11)14/h1-4,8,10-11H,5-7,9,15H2. The quantitative estimate of drug-likeness (QED) is 0.886. The van der Waals surface area contributed by atoms with Gasteiger partial charge in [0.05, 0.1) is 18.6 Å². The van der Waals surface area contributed by atoms with E-state index in [0.717, 1.165) is 31.0 Å². The third-order valence-corrected chi connectivity index (χ3v) is 3.32. The van der Waals surface area contributed by atoms with Crippen LogP contribution >= 0.6 is 0 Å². The summed E-state index contributed by atoms with van der Waals surface area (Å²) >= 11 is 0. The first-order valence-corrected chi connectivity index (χ1v) is 6.29. The van der Waals surface area contributed by atoms with Gasteiger partial charge in [0.1, 0.15) is 5.75 Å². The first-order chi connectivity index (χ1) is 8.86. The van der Waals surface area contributed by atoms with Gasteiger partial charge in [-0.25, -0.2) is 4.98 Å². The van der Waals surface area contributed by atoms with Crippen molar-refractivity contribution in [2.24, 2.45) is 5.73 Å². The maximum Gasteiger partial charge on any atom is 0.122 e. The van der Waals surface area contributed by atoms with E-state index in [1.54, 1.807) is 0 Å². The highest BCUT2D eigenvalue weighted by Gasteiger charge is 2.23. The number of aromatic nitrogens is 2. The SMILES string of the molecule is NCCc1cn(CC2COc3ccccc32)cn1. The fourth-order valence-corrected chi connectivity index (χ4v) is 2.42. The molecule has 94 valence electrons. The Hall–Kier alpha value is -1.81. The minimum Gasteiger partial charge on any atom is -0.493 e. The number of nitrogens with two attached hydrogens (primary N) is 1. The molecule has 1 aromatic carbocycles. The second kappa shape index (κ2) is 4.82. The molecule has 18 heavy (non-hydrogen) atoms. The largest absolute Gasteiger partial charge is 0.493 e. The van der Waals surface area contributed by atoms with Gasteiger partial charge in [-0.15, -0.1) is 0 Å². The van der Waals surface area contributed by atoms with Crippen molar-refractivity contribution in [3.63, 3.8) is 0 Å². The summed E-state index contributed by atoms with van der Waals surface area (Å²) in [6, 6.07) is 8.25. The third kappa shape index (κ3) is 2.11. The van der Waals surface area contributed by atoms with E-state index in [1.807, 2.05) is 18.5 Å². The van der Waals surface area contributed by atoms with Gasteiger partial charge in [-0.05, 0) is 12.6 Å². The third-order valence-electron chi connectivity index (χ3n) is 3.32. The number of hydrogen-bond acceptors (Lipinski definition) is 3. The van der Waals surface area contributed by atoms with E-state index in [1.165, 1.54) is 5.56 Å². The van der Waals surface area contributed by atoms with E-state index in [4.69, 9.17) is 10.5 Å². The van der Waals surface area contributed by atoms with Crippen LogP contribution in [0.15, 0.2) is 36.8 Å². The fraction of sp³-hybridized carbons (Fsp3) is 0.357. The molecule has 4 nitrogen and oxygen atoms in total. The molecule has 2 N–H and O–H groups in total. The zero-order valence-corrected chi connectivity index (χ0v) is 10.2. The molecule has 0 bridgehead atoms. The van der Waals surface area contributed by atoms with Gasteiger partial charge in [0, 0.05) is 30.6 Å². The van der Waals surface area contributed by atoms with Crippen LogP contribution in [0.25, 0.3) is 0 Å². The molecule has 0 fully saturated rings. The Labute approximate surface area is 106 Å². The maximum atomic E-state index is 5.68. The van der Waals surface area contributed by atoms with Crippen molar-refractivity contribution in [1.29, 1.82) is 0 Å². The molecule has 1 unspecified atom stereocenters. The molecule has 1 aliphatic rings. The van der Waals surface area contributed by atoms with Crippen LogP contribution in [0.5, 0.6) is 5.75 Å². The molecule has 0 radical (unpaired) electrons. The summed E-state index contributed by atoms with van der Waals surface area (Å²) in [5.74, 6) is 1.44. The van der Waals surface area contributed by atoms with Crippen molar-refractivity contribution in [3.05, 3.63) is 48.0 Å². The molecule has 0 saturated heterocycles. The molecule has 3 rings (SSSR count). The van der Waals surface area contributed by atoms with E-state index in [0.29, 0.717) is 12.5 Å². The molecule has 0 spiro atoms.